The quantitative estimate of drug-likeness (QED) is 0.0943. The zero-order valence-corrected chi connectivity index (χ0v) is 21.1. The average Bonchev–Trinajstić information content (AvgIpc) is 3.57. The summed E-state index contributed by atoms with van der Waals surface area (Å²) in [5, 5.41) is 24.8. The number of hydrazone groups is 1. The van der Waals surface area contributed by atoms with Gasteiger partial charge in [-0.25, -0.2) is 9.67 Å². The van der Waals surface area contributed by atoms with E-state index in [9.17, 15) is 36.5 Å². The molecule has 0 bridgehead atoms. The number of halogens is 6. The normalized spacial score (nSPS) is 12.6. The highest BCUT2D eigenvalue weighted by Gasteiger charge is 2.37. The third kappa shape index (κ3) is 6.16. The molecule has 9 nitrogen and oxygen atoms in total. The van der Waals surface area contributed by atoms with Crippen molar-refractivity contribution >= 4 is 38.9 Å². The van der Waals surface area contributed by atoms with Gasteiger partial charge in [0, 0.05) is 28.6 Å². The number of alkyl halides is 6. The van der Waals surface area contributed by atoms with Crippen molar-refractivity contribution in [3.05, 3.63) is 98.9 Å². The van der Waals surface area contributed by atoms with Gasteiger partial charge in [0.25, 0.3) is 5.69 Å². The molecule has 1 N–H and O–H groups in total. The SMILES string of the molecule is O=[N+]([O-])c1ccc(-c2csc(N/N=C(/Cn3nnc4ccccc43)c3cc(C(F)(F)F)cc(C(F)(F)F)c3)n2)cc1. The standard InChI is InChI=1S/C25H15F6N7O2S/c26-24(27,28)16-9-15(10-17(11-16)25(29,30)31)20(12-37-22-4-2-1-3-19(22)34-36-37)33-35-23-32-21(13-41-23)14-5-7-18(8-6-14)38(39)40/h1-11,13H,12H2,(H,32,35)/b33-20-. The Labute approximate surface area is 229 Å². The van der Waals surface area contributed by atoms with Gasteiger partial charge in [0.15, 0.2) is 0 Å². The number of non-ortho nitro benzene ring substituents is 1. The first-order chi connectivity index (χ1) is 19.4. The number of anilines is 1. The molecule has 0 saturated carbocycles. The van der Waals surface area contributed by atoms with Crippen molar-refractivity contribution in [3.63, 3.8) is 0 Å². The fourth-order valence-electron chi connectivity index (χ4n) is 3.82. The maximum Gasteiger partial charge on any atom is 0.416 e. The fraction of sp³-hybridized carbons (Fsp3) is 0.120. The molecule has 3 aromatic carbocycles. The molecule has 0 aliphatic heterocycles. The van der Waals surface area contributed by atoms with Crippen LogP contribution in [0.1, 0.15) is 16.7 Å². The molecule has 0 unspecified atom stereocenters. The van der Waals surface area contributed by atoms with E-state index in [0.717, 1.165) is 11.3 Å². The van der Waals surface area contributed by atoms with E-state index in [2.05, 4.69) is 25.8 Å². The van der Waals surface area contributed by atoms with Crippen molar-refractivity contribution in [3.8, 4) is 11.3 Å². The van der Waals surface area contributed by atoms with Crippen LogP contribution in [0.15, 0.2) is 77.2 Å². The summed E-state index contributed by atoms with van der Waals surface area (Å²) < 4.78 is 82.7. The van der Waals surface area contributed by atoms with Gasteiger partial charge < -0.3 is 0 Å². The molecule has 0 fully saturated rings. The number of hydrogen-bond acceptors (Lipinski definition) is 8. The van der Waals surface area contributed by atoms with E-state index >= 15 is 0 Å². The number of rotatable bonds is 7. The van der Waals surface area contributed by atoms with E-state index in [-0.39, 0.29) is 29.1 Å². The number of nitrogens with zero attached hydrogens (tertiary/aromatic N) is 6. The van der Waals surface area contributed by atoms with Gasteiger partial charge in [-0.3, -0.25) is 15.5 Å². The molecule has 0 amide bonds. The maximum atomic E-state index is 13.6. The Kier molecular flexibility index (Phi) is 7.17. The molecule has 0 aliphatic rings. The zero-order chi connectivity index (χ0) is 29.4. The molecule has 41 heavy (non-hydrogen) atoms. The van der Waals surface area contributed by atoms with Gasteiger partial charge in [0.1, 0.15) is 5.52 Å². The van der Waals surface area contributed by atoms with Crippen molar-refractivity contribution in [2.45, 2.75) is 18.9 Å². The molecule has 2 aromatic heterocycles. The van der Waals surface area contributed by atoms with E-state index in [1.807, 2.05) is 0 Å². The van der Waals surface area contributed by atoms with Crippen molar-refractivity contribution in [2.75, 3.05) is 5.43 Å². The zero-order valence-electron chi connectivity index (χ0n) is 20.3. The second-order valence-electron chi connectivity index (χ2n) is 8.54. The van der Waals surface area contributed by atoms with E-state index in [0.29, 0.717) is 34.4 Å². The monoisotopic (exact) mass is 591 g/mol. The largest absolute Gasteiger partial charge is 0.416 e. The third-order valence-electron chi connectivity index (χ3n) is 5.81. The van der Waals surface area contributed by atoms with Crippen molar-refractivity contribution in [2.24, 2.45) is 5.10 Å². The lowest BCUT2D eigenvalue weighted by atomic mass is 10.0. The number of nitro benzene ring substituents is 1. The highest BCUT2D eigenvalue weighted by molar-refractivity contribution is 7.14. The summed E-state index contributed by atoms with van der Waals surface area (Å²) in [5.74, 6) is 0. The Morgan fingerprint density at radius 2 is 1.63 bits per heavy atom. The number of nitrogens with one attached hydrogen (secondary N) is 1. The minimum atomic E-state index is -5.05. The summed E-state index contributed by atoms with van der Waals surface area (Å²) in [4.78, 5) is 14.7. The predicted molar refractivity (Wildman–Crippen MR) is 138 cm³/mol. The molecule has 2 heterocycles. The van der Waals surface area contributed by atoms with E-state index in [1.54, 1.807) is 29.6 Å². The fourth-order valence-corrected chi connectivity index (χ4v) is 4.48. The Morgan fingerprint density at radius 1 is 0.976 bits per heavy atom. The lowest BCUT2D eigenvalue weighted by Crippen LogP contribution is -2.18. The topological polar surface area (TPSA) is 111 Å². The number of fused-ring (bicyclic) bond motifs is 1. The molecule has 0 aliphatic carbocycles. The van der Waals surface area contributed by atoms with Gasteiger partial charge in [0.05, 0.1) is 39.5 Å². The van der Waals surface area contributed by atoms with Crippen LogP contribution in [0.5, 0.6) is 0 Å². The number of benzene rings is 3. The lowest BCUT2D eigenvalue weighted by molar-refractivity contribution is -0.384. The van der Waals surface area contributed by atoms with Gasteiger partial charge in [-0.05, 0) is 42.5 Å². The minimum absolute atomic E-state index is 0.0384. The van der Waals surface area contributed by atoms with Crippen molar-refractivity contribution in [1.82, 2.24) is 20.0 Å². The van der Waals surface area contributed by atoms with Crippen LogP contribution in [-0.4, -0.2) is 30.6 Å². The number of hydrogen-bond donors (Lipinski definition) is 1. The Balaban J connectivity index is 1.54. The first kappa shape index (κ1) is 27.7. The smallest absolute Gasteiger partial charge is 0.258 e. The van der Waals surface area contributed by atoms with Gasteiger partial charge in [0.2, 0.25) is 5.13 Å². The Bertz CT molecular complexity index is 1730. The van der Waals surface area contributed by atoms with Crippen LogP contribution in [0.25, 0.3) is 22.3 Å². The summed E-state index contributed by atoms with van der Waals surface area (Å²) in [7, 11) is 0. The van der Waals surface area contributed by atoms with Gasteiger partial charge in [-0.2, -0.15) is 31.4 Å². The van der Waals surface area contributed by atoms with Gasteiger partial charge >= 0.3 is 12.4 Å². The van der Waals surface area contributed by atoms with Gasteiger partial charge in [-0.15, -0.1) is 16.4 Å². The molecular formula is C25H15F6N7O2S. The number of nitro groups is 1. The first-order valence-corrected chi connectivity index (χ1v) is 12.4. The van der Waals surface area contributed by atoms with Gasteiger partial charge in [-0.1, -0.05) is 17.3 Å². The van der Waals surface area contributed by atoms with Crippen molar-refractivity contribution in [1.29, 1.82) is 0 Å². The van der Waals surface area contributed by atoms with Crippen LogP contribution in [0.3, 0.4) is 0 Å². The average molecular weight is 591 g/mol. The summed E-state index contributed by atoms with van der Waals surface area (Å²) >= 11 is 1.06. The highest BCUT2D eigenvalue weighted by atomic mass is 32.1. The molecule has 0 spiro atoms. The molecular weight excluding hydrogens is 576 g/mol. The second kappa shape index (κ2) is 10.6. The number of para-hydroxylation sites is 1. The van der Waals surface area contributed by atoms with Crippen molar-refractivity contribution < 1.29 is 31.3 Å². The van der Waals surface area contributed by atoms with E-state index in [1.165, 1.54) is 28.9 Å². The van der Waals surface area contributed by atoms with Crippen LogP contribution in [0.2, 0.25) is 0 Å². The third-order valence-corrected chi connectivity index (χ3v) is 6.55. The first-order valence-electron chi connectivity index (χ1n) is 11.5. The molecule has 0 radical (unpaired) electrons. The van der Waals surface area contributed by atoms with Crippen LogP contribution in [0, 0.1) is 10.1 Å². The molecule has 0 atom stereocenters. The van der Waals surface area contributed by atoms with Crippen LogP contribution in [0.4, 0.5) is 37.2 Å². The number of aromatic nitrogens is 4. The van der Waals surface area contributed by atoms with Crippen LogP contribution < -0.4 is 5.43 Å². The molecule has 16 heteroatoms. The highest BCUT2D eigenvalue weighted by Crippen LogP contribution is 2.37. The Hall–Kier alpha value is -4.86. The van der Waals surface area contributed by atoms with Crippen LogP contribution in [-0.2, 0) is 18.9 Å². The molecule has 5 aromatic rings. The maximum absolute atomic E-state index is 13.6. The predicted octanol–water partition coefficient (Wildman–Crippen LogP) is 7.02. The minimum Gasteiger partial charge on any atom is -0.258 e. The summed E-state index contributed by atoms with van der Waals surface area (Å²) in [6.45, 7) is -0.327. The van der Waals surface area contributed by atoms with E-state index < -0.39 is 34.0 Å². The summed E-state index contributed by atoms with van der Waals surface area (Å²) in [5.41, 5.74) is 0.779. The molecule has 0 saturated heterocycles. The lowest BCUT2D eigenvalue weighted by Gasteiger charge is -2.15. The summed E-state index contributed by atoms with van der Waals surface area (Å²) in [6.07, 6.45) is -10.1. The second-order valence-corrected chi connectivity index (χ2v) is 9.40. The molecule has 210 valence electrons. The Morgan fingerprint density at radius 3 is 2.27 bits per heavy atom. The summed E-state index contributed by atoms with van der Waals surface area (Å²) in [6, 6.07) is 13.4. The number of thiazole rings is 1. The van der Waals surface area contributed by atoms with E-state index in [4.69, 9.17) is 0 Å². The van der Waals surface area contributed by atoms with Crippen LogP contribution >= 0.6 is 11.3 Å². The molecule has 5 rings (SSSR count).